The predicted molar refractivity (Wildman–Crippen MR) is 70.1 cm³/mol. The van der Waals surface area contributed by atoms with Gasteiger partial charge in [-0.25, -0.2) is 4.79 Å². The number of carbonyl (C=O) groups excluding carboxylic acids is 2. The van der Waals surface area contributed by atoms with E-state index in [4.69, 9.17) is 0 Å². The lowest BCUT2D eigenvalue weighted by Gasteiger charge is -2.17. The minimum atomic E-state index is -0.610. The second kappa shape index (κ2) is 5.14. The van der Waals surface area contributed by atoms with Gasteiger partial charge in [0.2, 0.25) is 5.91 Å². The first-order valence-corrected chi connectivity index (χ1v) is 5.91. The van der Waals surface area contributed by atoms with E-state index in [0.717, 1.165) is 0 Å². The monoisotopic (exact) mass is 261 g/mol. The Balaban J connectivity index is 2.28. The van der Waals surface area contributed by atoms with E-state index in [1.165, 1.54) is 19.2 Å². The van der Waals surface area contributed by atoms with Crippen LogP contribution in [0.15, 0.2) is 30.9 Å². The number of benzene rings is 1. The highest BCUT2D eigenvalue weighted by Gasteiger charge is 2.29. The second-order valence-corrected chi connectivity index (χ2v) is 4.40. The highest BCUT2D eigenvalue weighted by molar-refractivity contribution is 5.98. The minimum absolute atomic E-state index is 0.0184. The average Bonchev–Trinajstić information content (AvgIpc) is 2.79. The zero-order valence-corrected chi connectivity index (χ0v) is 10.6. The van der Waals surface area contributed by atoms with Crippen molar-refractivity contribution in [1.82, 2.24) is 0 Å². The quantitative estimate of drug-likeness (QED) is 0.664. The van der Waals surface area contributed by atoms with Gasteiger partial charge in [-0.15, -0.1) is 6.58 Å². The molecule has 1 unspecified atom stereocenters. The molecule has 1 heterocycles. The van der Waals surface area contributed by atoms with Crippen molar-refractivity contribution in [1.29, 1.82) is 0 Å². The summed E-state index contributed by atoms with van der Waals surface area (Å²) in [5, 5.41) is 9.80. The molecule has 1 aliphatic heterocycles. The van der Waals surface area contributed by atoms with Crippen LogP contribution in [0.1, 0.15) is 16.8 Å². The Bertz CT molecular complexity index is 538. The number of hydrogen-bond acceptors (Lipinski definition) is 4. The Morgan fingerprint density at radius 2 is 2.32 bits per heavy atom. The third kappa shape index (κ3) is 2.45. The molecule has 5 heteroatoms. The molecule has 19 heavy (non-hydrogen) atoms. The van der Waals surface area contributed by atoms with Crippen LogP contribution in [0.2, 0.25) is 0 Å². The molecule has 0 radical (unpaired) electrons. The van der Waals surface area contributed by atoms with Crippen LogP contribution in [-0.2, 0) is 9.53 Å². The number of phenolic OH excluding ortho intramolecular Hbond substituents is 1. The molecule has 1 fully saturated rings. The van der Waals surface area contributed by atoms with E-state index in [0.29, 0.717) is 18.7 Å². The maximum absolute atomic E-state index is 11.8. The fraction of sp³-hybridized carbons (Fsp3) is 0.286. The molecule has 1 amide bonds. The summed E-state index contributed by atoms with van der Waals surface area (Å²) in [6.07, 6.45) is 2.17. The first-order chi connectivity index (χ1) is 9.06. The van der Waals surface area contributed by atoms with Gasteiger partial charge in [-0.2, -0.15) is 0 Å². The van der Waals surface area contributed by atoms with Gasteiger partial charge >= 0.3 is 5.97 Å². The molecule has 1 N–H and O–H groups in total. The Hall–Kier alpha value is -2.30. The van der Waals surface area contributed by atoms with E-state index < -0.39 is 5.97 Å². The molecule has 100 valence electrons. The molecule has 0 bridgehead atoms. The average molecular weight is 261 g/mol. The van der Waals surface area contributed by atoms with Crippen molar-refractivity contribution in [2.45, 2.75) is 6.42 Å². The Morgan fingerprint density at radius 3 is 2.84 bits per heavy atom. The van der Waals surface area contributed by atoms with Crippen molar-refractivity contribution in [2.24, 2.45) is 5.92 Å². The molecule has 0 saturated carbocycles. The number of carbonyl (C=O) groups is 2. The molecule has 0 spiro atoms. The number of amides is 1. The number of phenols is 1. The summed E-state index contributed by atoms with van der Waals surface area (Å²) < 4.78 is 4.55. The fourth-order valence-corrected chi connectivity index (χ4v) is 2.11. The molecule has 1 aromatic carbocycles. The first kappa shape index (κ1) is 13.1. The van der Waals surface area contributed by atoms with Crippen LogP contribution in [0, 0.1) is 5.92 Å². The van der Waals surface area contributed by atoms with Crippen LogP contribution in [0.5, 0.6) is 5.75 Å². The van der Waals surface area contributed by atoms with Crippen molar-refractivity contribution in [2.75, 3.05) is 18.6 Å². The summed E-state index contributed by atoms with van der Waals surface area (Å²) in [6.45, 7) is 4.22. The number of ether oxygens (including phenoxy) is 1. The van der Waals surface area contributed by atoms with E-state index in [1.54, 1.807) is 17.0 Å². The van der Waals surface area contributed by atoms with Crippen LogP contribution in [0.3, 0.4) is 0 Å². The molecule has 1 aliphatic rings. The van der Waals surface area contributed by atoms with Gasteiger partial charge in [0, 0.05) is 30.6 Å². The van der Waals surface area contributed by atoms with Crippen molar-refractivity contribution >= 4 is 17.6 Å². The summed E-state index contributed by atoms with van der Waals surface area (Å²) in [6, 6.07) is 4.47. The molecular weight excluding hydrogens is 246 g/mol. The minimum Gasteiger partial charge on any atom is -0.507 e. The van der Waals surface area contributed by atoms with E-state index >= 15 is 0 Å². The fourth-order valence-electron chi connectivity index (χ4n) is 2.11. The molecule has 0 aliphatic carbocycles. The van der Waals surface area contributed by atoms with Crippen LogP contribution in [-0.4, -0.2) is 30.6 Å². The van der Waals surface area contributed by atoms with Gasteiger partial charge in [-0.1, -0.05) is 6.08 Å². The van der Waals surface area contributed by atoms with Gasteiger partial charge in [-0.3, -0.25) is 4.79 Å². The molecule has 5 nitrogen and oxygen atoms in total. The summed E-state index contributed by atoms with van der Waals surface area (Å²) in [5.41, 5.74) is 0.651. The van der Waals surface area contributed by atoms with E-state index in [-0.39, 0.29) is 23.1 Å². The van der Waals surface area contributed by atoms with Gasteiger partial charge in [0.25, 0.3) is 0 Å². The van der Waals surface area contributed by atoms with Gasteiger partial charge in [0.15, 0.2) is 0 Å². The van der Waals surface area contributed by atoms with Gasteiger partial charge in [-0.05, 0) is 12.1 Å². The molecule has 0 aromatic heterocycles. The van der Waals surface area contributed by atoms with Crippen LogP contribution >= 0.6 is 0 Å². The van der Waals surface area contributed by atoms with Gasteiger partial charge < -0.3 is 14.7 Å². The Kier molecular flexibility index (Phi) is 3.55. The summed E-state index contributed by atoms with van der Waals surface area (Å²) in [4.78, 5) is 24.8. The molecule has 2 rings (SSSR count). The summed E-state index contributed by atoms with van der Waals surface area (Å²) in [7, 11) is 1.24. The zero-order chi connectivity index (χ0) is 14.0. The number of rotatable bonds is 3. The number of hydrogen-bond donors (Lipinski definition) is 1. The van der Waals surface area contributed by atoms with Crippen molar-refractivity contribution in [3.63, 3.8) is 0 Å². The molecule has 1 saturated heterocycles. The topological polar surface area (TPSA) is 66.8 Å². The molecule has 1 aromatic rings. The first-order valence-electron chi connectivity index (χ1n) is 5.91. The third-order valence-corrected chi connectivity index (χ3v) is 3.19. The summed E-state index contributed by atoms with van der Waals surface area (Å²) in [5.74, 6) is -0.704. The van der Waals surface area contributed by atoms with E-state index in [2.05, 4.69) is 11.3 Å². The lowest BCUT2D eigenvalue weighted by atomic mass is 10.1. The largest absolute Gasteiger partial charge is 0.507 e. The number of aromatic hydroxyl groups is 1. The van der Waals surface area contributed by atoms with E-state index in [9.17, 15) is 14.7 Å². The van der Waals surface area contributed by atoms with E-state index in [1.807, 2.05) is 0 Å². The smallest absolute Gasteiger partial charge is 0.341 e. The molecular formula is C14H15NO4. The highest BCUT2D eigenvalue weighted by Crippen LogP contribution is 2.30. The maximum Gasteiger partial charge on any atom is 0.341 e. The lowest BCUT2D eigenvalue weighted by Crippen LogP contribution is -2.24. The molecule has 1 atom stereocenters. The third-order valence-electron chi connectivity index (χ3n) is 3.19. The SMILES string of the molecule is C=CC1CC(=O)N(c2ccc(C(=O)OC)c(O)c2)C1. The van der Waals surface area contributed by atoms with Crippen molar-refractivity contribution in [3.8, 4) is 5.75 Å². The van der Waals surface area contributed by atoms with Crippen molar-refractivity contribution < 1.29 is 19.4 Å². The Labute approximate surface area is 111 Å². The second-order valence-electron chi connectivity index (χ2n) is 4.40. The number of methoxy groups -OCH3 is 1. The number of nitrogens with zero attached hydrogens (tertiary/aromatic N) is 1. The Morgan fingerprint density at radius 1 is 1.58 bits per heavy atom. The summed E-state index contributed by atoms with van der Waals surface area (Å²) >= 11 is 0. The van der Waals surface area contributed by atoms with Gasteiger partial charge in [0.05, 0.1) is 7.11 Å². The standard InChI is InChI=1S/C14H15NO4/c1-3-9-6-13(17)15(8-9)10-4-5-11(12(16)7-10)14(18)19-2/h3-5,7,9,16H,1,6,8H2,2H3. The van der Waals surface area contributed by atoms with Crippen LogP contribution in [0.25, 0.3) is 0 Å². The normalized spacial score (nSPS) is 18.5. The van der Waals surface area contributed by atoms with Gasteiger partial charge in [0.1, 0.15) is 11.3 Å². The predicted octanol–water partition coefficient (Wildman–Crippen LogP) is 1.72. The highest BCUT2D eigenvalue weighted by atomic mass is 16.5. The lowest BCUT2D eigenvalue weighted by molar-refractivity contribution is -0.117. The van der Waals surface area contributed by atoms with Crippen LogP contribution < -0.4 is 4.90 Å². The van der Waals surface area contributed by atoms with Crippen LogP contribution in [0.4, 0.5) is 5.69 Å². The van der Waals surface area contributed by atoms with Crippen molar-refractivity contribution in [3.05, 3.63) is 36.4 Å². The number of anilines is 1. The maximum atomic E-state index is 11.8. The number of esters is 1. The zero-order valence-electron chi connectivity index (χ0n) is 10.6.